The van der Waals surface area contributed by atoms with Crippen LogP contribution in [0.2, 0.25) is 0 Å². The molecule has 0 aliphatic carbocycles. The summed E-state index contributed by atoms with van der Waals surface area (Å²) < 4.78 is 5.16. The predicted octanol–water partition coefficient (Wildman–Crippen LogP) is 1.64. The number of phenolic OH excluding ortho intramolecular Hbond substituents is 2. The van der Waals surface area contributed by atoms with Crippen LogP contribution in [0, 0.1) is 0 Å². The van der Waals surface area contributed by atoms with Crippen LogP contribution in [0.1, 0.15) is 10.6 Å². The van der Waals surface area contributed by atoms with Gasteiger partial charge in [-0.25, -0.2) is 4.79 Å². The third kappa shape index (κ3) is 2.34. The Bertz CT molecular complexity index is 984. The fourth-order valence-corrected chi connectivity index (χ4v) is 2.31. The minimum Gasteiger partial charge on any atom is -0.872 e. The van der Waals surface area contributed by atoms with Crippen molar-refractivity contribution in [3.63, 3.8) is 0 Å². The molecule has 1 heterocycles. The second-order valence-corrected chi connectivity index (χ2v) is 4.80. The number of rotatable bonds is 2. The zero-order chi connectivity index (χ0) is 16.7. The van der Waals surface area contributed by atoms with Crippen LogP contribution >= 0.6 is 0 Å². The van der Waals surface area contributed by atoms with Gasteiger partial charge in [-0.05, 0) is 23.8 Å². The molecule has 23 heavy (non-hydrogen) atoms. The van der Waals surface area contributed by atoms with Crippen molar-refractivity contribution in [1.82, 2.24) is 0 Å². The van der Waals surface area contributed by atoms with Crippen LogP contribution < -0.4 is 10.5 Å². The molecule has 0 amide bonds. The van der Waals surface area contributed by atoms with Crippen LogP contribution in [0.3, 0.4) is 0 Å². The Labute approximate surface area is 128 Å². The standard InChI is InChI=1S/C16H10O7/c17-8-3-1-7(2-4-8)12-14(20)13-10(19)5-9(18)6-11(13)23-15(12)16(21)22/h1-6,17-19H,(H,21,22)/p-1. The molecular formula is C16H9O7-. The van der Waals surface area contributed by atoms with Crippen molar-refractivity contribution in [3.8, 4) is 28.4 Å². The molecule has 0 fully saturated rings. The topological polar surface area (TPSA) is 131 Å². The van der Waals surface area contributed by atoms with E-state index in [2.05, 4.69) is 0 Å². The molecule has 0 saturated heterocycles. The van der Waals surface area contributed by atoms with Crippen molar-refractivity contribution in [2.75, 3.05) is 0 Å². The highest BCUT2D eigenvalue weighted by Gasteiger charge is 2.22. The third-order valence-corrected chi connectivity index (χ3v) is 3.29. The van der Waals surface area contributed by atoms with Crippen molar-refractivity contribution in [2.24, 2.45) is 0 Å². The van der Waals surface area contributed by atoms with E-state index in [0.29, 0.717) is 0 Å². The summed E-state index contributed by atoms with van der Waals surface area (Å²) in [4.78, 5) is 24.0. The van der Waals surface area contributed by atoms with Crippen molar-refractivity contribution < 1.29 is 29.6 Å². The lowest BCUT2D eigenvalue weighted by Gasteiger charge is -2.13. The molecule has 7 nitrogen and oxygen atoms in total. The van der Waals surface area contributed by atoms with Crippen LogP contribution in [0.15, 0.2) is 45.6 Å². The second kappa shape index (κ2) is 5.06. The summed E-state index contributed by atoms with van der Waals surface area (Å²) in [6.45, 7) is 0. The van der Waals surface area contributed by atoms with E-state index in [-0.39, 0.29) is 27.8 Å². The fourth-order valence-electron chi connectivity index (χ4n) is 2.31. The van der Waals surface area contributed by atoms with Gasteiger partial charge < -0.3 is 24.8 Å². The maximum absolute atomic E-state index is 12.6. The van der Waals surface area contributed by atoms with Gasteiger partial charge in [-0.2, -0.15) is 0 Å². The number of carboxylic acids is 1. The van der Waals surface area contributed by atoms with Gasteiger partial charge in [0.2, 0.25) is 11.2 Å². The lowest BCUT2D eigenvalue weighted by molar-refractivity contribution is -0.266. The van der Waals surface area contributed by atoms with Gasteiger partial charge in [-0.3, -0.25) is 4.79 Å². The molecule has 116 valence electrons. The number of benzene rings is 2. The lowest BCUT2D eigenvalue weighted by atomic mass is 10.0. The lowest BCUT2D eigenvalue weighted by Crippen LogP contribution is -2.14. The smallest absolute Gasteiger partial charge is 0.372 e. The highest BCUT2D eigenvalue weighted by molar-refractivity contribution is 5.98. The summed E-state index contributed by atoms with van der Waals surface area (Å²) in [6.07, 6.45) is 0. The molecule has 0 saturated carbocycles. The molecule has 1 aromatic heterocycles. The number of fused-ring (bicyclic) bond motifs is 1. The largest absolute Gasteiger partial charge is 0.872 e. The van der Waals surface area contributed by atoms with Gasteiger partial charge in [0, 0.05) is 6.07 Å². The molecule has 3 rings (SSSR count). The number of aromatic carboxylic acids is 1. The van der Waals surface area contributed by atoms with Crippen LogP contribution in [0.5, 0.6) is 17.2 Å². The van der Waals surface area contributed by atoms with E-state index < -0.39 is 28.7 Å². The SMILES string of the molecule is O=C(O)c1oc2cc(O)cc([O-])c2c(=O)c1-c1ccc(O)cc1. The number of carboxylic acid groups (broad SMARTS) is 1. The Kier molecular flexibility index (Phi) is 3.18. The van der Waals surface area contributed by atoms with E-state index in [1.807, 2.05) is 0 Å². The Hall–Kier alpha value is -3.48. The summed E-state index contributed by atoms with van der Waals surface area (Å²) in [7, 11) is 0. The molecule has 0 spiro atoms. The summed E-state index contributed by atoms with van der Waals surface area (Å²) in [5.41, 5.74) is -1.24. The maximum atomic E-state index is 12.6. The molecular weight excluding hydrogens is 304 g/mol. The minimum absolute atomic E-state index is 0.0646. The number of carbonyl (C=O) groups is 1. The monoisotopic (exact) mass is 313 g/mol. The van der Waals surface area contributed by atoms with Gasteiger partial charge in [0.15, 0.2) is 0 Å². The predicted molar refractivity (Wildman–Crippen MR) is 77.7 cm³/mol. The molecule has 3 N–H and O–H groups in total. The normalized spacial score (nSPS) is 10.8. The Morgan fingerprint density at radius 3 is 2.30 bits per heavy atom. The summed E-state index contributed by atoms with van der Waals surface area (Å²) in [6, 6.07) is 7.08. The zero-order valence-electron chi connectivity index (χ0n) is 11.4. The molecule has 0 unspecified atom stereocenters. The number of aromatic hydroxyl groups is 2. The van der Waals surface area contributed by atoms with Gasteiger partial charge in [-0.1, -0.05) is 17.9 Å². The van der Waals surface area contributed by atoms with Crippen molar-refractivity contribution in [2.45, 2.75) is 0 Å². The summed E-state index contributed by atoms with van der Waals surface area (Å²) >= 11 is 0. The van der Waals surface area contributed by atoms with Crippen molar-refractivity contribution in [3.05, 3.63) is 52.4 Å². The van der Waals surface area contributed by atoms with E-state index in [1.165, 1.54) is 24.3 Å². The van der Waals surface area contributed by atoms with E-state index in [9.17, 15) is 30.0 Å². The van der Waals surface area contributed by atoms with Crippen LogP contribution in [0.4, 0.5) is 0 Å². The number of phenols is 2. The first-order chi connectivity index (χ1) is 10.9. The molecule has 7 heteroatoms. The maximum Gasteiger partial charge on any atom is 0.372 e. The average molecular weight is 313 g/mol. The molecule has 2 aromatic carbocycles. The van der Waals surface area contributed by atoms with E-state index in [0.717, 1.165) is 12.1 Å². The third-order valence-electron chi connectivity index (χ3n) is 3.29. The molecule has 0 aliphatic heterocycles. The Morgan fingerprint density at radius 1 is 1.04 bits per heavy atom. The van der Waals surface area contributed by atoms with E-state index in [1.54, 1.807) is 0 Å². The first-order valence-corrected chi connectivity index (χ1v) is 6.42. The van der Waals surface area contributed by atoms with Crippen LogP contribution in [-0.2, 0) is 0 Å². The summed E-state index contributed by atoms with van der Waals surface area (Å²) in [5, 5.41) is 39.6. The van der Waals surface area contributed by atoms with Gasteiger partial charge in [0.05, 0.1) is 10.9 Å². The quantitative estimate of drug-likeness (QED) is 0.655. The number of hydrogen-bond donors (Lipinski definition) is 3. The minimum atomic E-state index is -1.50. The van der Waals surface area contributed by atoms with Crippen molar-refractivity contribution >= 4 is 16.9 Å². The van der Waals surface area contributed by atoms with Crippen LogP contribution in [0.25, 0.3) is 22.1 Å². The van der Waals surface area contributed by atoms with E-state index >= 15 is 0 Å². The first-order valence-electron chi connectivity index (χ1n) is 6.42. The first kappa shape index (κ1) is 14.5. The van der Waals surface area contributed by atoms with Crippen LogP contribution in [-0.4, -0.2) is 21.3 Å². The average Bonchev–Trinajstić information content (AvgIpc) is 2.47. The highest BCUT2D eigenvalue weighted by atomic mass is 16.4. The van der Waals surface area contributed by atoms with E-state index in [4.69, 9.17) is 4.42 Å². The molecule has 0 aliphatic rings. The second-order valence-electron chi connectivity index (χ2n) is 4.80. The Morgan fingerprint density at radius 2 is 1.70 bits per heavy atom. The highest BCUT2D eigenvalue weighted by Crippen LogP contribution is 2.31. The molecule has 3 aromatic rings. The van der Waals surface area contributed by atoms with Gasteiger partial charge in [-0.15, -0.1) is 0 Å². The molecule has 0 radical (unpaired) electrons. The molecule has 0 bridgehead atoms. The fraction of sp³-hybridized carbons (Fsp3) is 0. The molecule has 0 atom stereocenters. The van der Waals surface area contributed by atoms with Crippen molar-refractivity contribution in [1.29, 1.82) is 0 Å². The zero-order valence-corrected chi connectivity index (χ0v) is 11.4. The van der Waals surface area contributed by atoms with Gasteiger partial charge in [0.1, 0.15) is 17.1 Å². The number of hydrogen-bond acceptors (Lipinski definition) is 6. The van der Waals surface area contributed by atoms with Gasteiger partial charge in [0.25, 0.3) is 0 Å². The van der Waals surface area contributed by atoms with Gasteiger partial charge >= 0.3 is 5.97 Å². The summed E-state index contributed by atoms with van der Waals surface area (Å²) in [5.74, 6) is -3.42. The Balaban J connectivity index is 2.47.